The first-order valence-electron chi connectivity index (χ1n) is 7.14. The fourth-order valence-electron chi connectivity index (χ4n) is 2.15. The van der Waals surface area contributed by atoms with Gasteiger partial charge in [0.05, 0.1) is 19.1 Å². The number of benzene rings is 2. The number of hydrogen-bond acceptors (Lipinski definition) is 5. The molecule has 2 aromatic rings. The van der Waals surface area contributed by atoms with Crippen LogP contribution in [0.1, 0.15) is 15.9 Å². The van der Waals surface area contributed by atoms with Gasteiger partial charge >= 0.3 is 0 Å². The molecular formula is C17H19NO5S. The molecule has 0 aliphatic carbocycles. The van der Waals surface area contributed by atoms with Crippen molar-refractivity contribution >= 4 is 15.7 Å². The quantitative estimate of drug-likeness (QED) is 0.863. The van der Waals surface area contributed by atoms with E-state index in [1.54, 1.807) is 32.4 Å². The molecule has 0 saturated carbocycles. The number of carbonyl (C=O) groups is 1. The van der Waals surface area contributed by atoms with Crippen molar-refractivity contribution < 1.29 is 22.7 Å². The van der Waals surface area contributed by atoms with Gasteiger partial charge < -0.3 is 14.8 Å². The standard InChI is InChI=1S/C17H19NO5S/c1-22-14-6-9-16(23-2)13(10-14)11-18-17(19)12-4-7-15(8-5-12)24(3,20)21/h4-10H,11H2,1-3H3,(H,18,19). The van der Waals surface area contributed by atoms with Crippen LogP contribution in [0.15, 0.2) is 47.4 Å². The second kappa shape index (κ2) is 7.35. The summed E-state index contributed by atoms with van der Waals surface area (Å²) >= 11 is 0. The highest BCUT2D eigenvalue weighted by atomic mass is 32.2. The third kappa shape index (κ3) is 4.26. The van der Waals surface area contributed by atoms with Gasteiger partial charge in [0.15, 0.2) is 9.84 Å². The molecule has 6 nitrogen and oxygen atoms in total. The Morgan fingerprint density at radius 3 is 2.25 bits per heavy atom. The van der Waals surface area contributed by atoms with Crippen molar-refractivity contribution in [3.8, 4) is 11.5 Å². The van der Waals surface area contributed by atoms with Gasteiger partial charge in [-0.3, -0.25) is 4.79 Å². The lowest BCUT2D eigenvalue weighted by Gasteiger charge is -2.11. The average molecular weight is 349 g/mol. The summed E-state index contributed by atoms with van der Waals surface area (Å²) in [6.45, 7) is 0.257. The minimum atomic E-state index is -3.28. The van der Waals surface area contributed by atoms with Crippen LogP contribution in [-0.2, 0) is 16.4 Å². The zero-order valence-corrected chi connectivity index (χ0v) is 14.5. The largest absolute Gasteiger partial charge is 0.497 e. The van der Waals surface area contributed by atoms with Crippen molar-refractivity contribution in [3.63, 3.8) is 0 Å². The summed E-state index contributed by atoms with van der Waals surface area (Å²) < 4.78 is 33.3. The topological polar surface area (TPSA) is 81.7 Å². The molecule has 0 spiro atoms. The molecule has 24 heavy (non-hydrogen) atoms. The molecule has 0 aromatic heterocycles. The van der Waals surface area contributed by atoms with Crippen LogP contribution in [0.2, 0.25) is 0 Å². The van der Waals surface area contributed by atoms with Gasteiger partial charge in [-0.1, -0.05) is 0 Å². The fourth-order valence-corrected chi connectivity index (χ4v) is 2.78. The Morgan fingerprint density at radius 2 is 1.71 bits per heavy atom. The van der Waals surface area contributed by atoms with Crippen LogP contribution in [0.3, 0.4) is 0 Å². The number of sulfone groups is 1. The lowest BCUT2D eigenvalue weighted by molar-refractivity contribution is 0.0950. The van der Waals surface area contributed by atoms with E-state index in [9.17, 15) is 13.2 Å². The third-order valence-electron chi connectivity index (χ3n) is 3.47. The van der Waals surface area contributed by atoms with E-state index < -0.39 is 9.84 Å². The monoisotopic (exact) mass is 349 g/mol. The molecule has 7 heteroatoms. The van der Waals surface area contributed by atoms with Crippen LogP contribution in [-0.4, -0.2) is 34.8 Å². The highest BCUT2D eigenvalue weighted by Gasteiger charge is 2.11. The molecule has 0 fully saturated rings. The van der Waals surface area contributed by atoms with E-state index in [2.05, 4.69) is 5.32 Å². The number of carbonyl (C=O) groups excluding carboxylic acids is 1. The number of hydrogen-bond donors (Lipinski definition) is 1. The van der Waals surface area contributed by atoms with E-state index >= 15 is 0 Å². The highest BCUT2D eigenvalue weighted by Crippen LogP contribution is 2.23. The van der Waals surface area contributed by atoms with Gasteiger partial charge in [0.25, 0.3) is 5.91 Å². The number of amides is 1. The van der Waals surface area contributed by atoms with Crippen molar-refractivity contribution in [2.24, 2.45) is 0 Å². The Morgan fingerprint density at radius 1 is 1.04 bits per heavy atom. The molecular weight excluding hydrogens is 330 g/mol. The highest BCUT2D eigenvalue weighted by molar-refractivity contribution is 7.90. The maximum atomic E-state index is 12.2. The van der Waals surface area contributed by atoms with E-state index in [-0.39, 0.29) is 17.3 Å². The molecule has 2 rings (SSSR count). The maximum Gasteiger partial charge on any atom is 0.251 e. The molecule has 0 atom stereocenters. The number of rotatable bonds is 6. The first kappa shape index (κ1) is 17.8. The minimum Gasteiger partial charge on any atom is -0.497 e. The van der Waals surface area contributed by atoms with Gasteiger partial charge in [0.1, 0.15) is 11.5 Å². The van der Waals surface area contributed by atoms with Gasteiger partial charge in [-0.05, 0) is 42.5 Å². The molecule has 0 aliphatic heterocycles. The zero-order chi connectivity index (χ0) is 17.7. The molecule has 1 N–H and O–H groups in total. The van der Waals surface area contributed by atoms with Gasteiger partial charge in [0, 0.05) is 23.9 Å². The van der Waals surface area contributed by atoms with Crippen molar-refractivity contribution in [2.45, 2.75) is 11.4 Å². The number of nitrogens with one attached hydrogen (secondary N) is 1. The minimum absolute atomic E-state index is 0.175. The summed E-state index contributed by atoms with van der Waals surface area (Å²) in [6, 6.07) is 11.1. The molecule has 0 heterocycles. The van der Waals surface area contributed by atoms with Crippen molar-refractivity contribution in [2.75, 3.05) is 20.5 Å². The van der Waals surface area contributed by atoms with Crippen LogP contribution >= 0.6 is 0 Å². The van der Waals surface area contributed by atoms with Crippen molar-refractivity contribution in [1.29, 1.82) is 0 Å². The summed E-state index contributed by atoms with van der Waals surface area (Å²) in [6.07, 6.45) is 1.12. The Kier molecular flexibility index (Phi) is 5.46. The van der Waals surface area contributed by atoms with E-state index in [1.807, 2.05) is 0 Å². The zero-order valence-electron chi connectivity index (χ0n) is 13.7. The van der Waals surface area contributed by atoms with Crippen LogP contribution < -0.4 is 14.8 Å². The van der Waals surface area contributed by atoms with Crippen molar-refractivity contribution in [1.82, 2.24) is 5.32 Å². The first-order chi connectivity index (χ1) is 11.3. The molecule has 128 valence electrons. The molecule has 0 saturated heterocycles. The lowest BCUT2D eigenvalue weighted by atomic mass is 10.1. The van der Waals surface area contributed by atoms with Crippen LogP contribution in [0.4, 0.5) is 0 Å². The molecule has 0 bridgehead atoms. The van der Waals surface area contributed by atoms with Gasteiger partial charge in [-0.15, -0.1) is 0 Å². The van der Waals surface area contributed by atoms with E-state index in [0.29, 0.717) is 17.1 Å². The van der Waals surface area contributed by atoms with E-state index in [4.69, 9.17) is 9.47 Å². The molecule has 0 radical (unpaired) electrons. The van der Waals surface area contributed by atoms with Crippen LogP contribution in [0.25, 0.3) is 0 Å². The SMILES string of the molecule is COc1ccc(OC)c(CNC(=O)c2ccc(S(C)(=O)=O)cc2)c1. The number of methoxy groups -OCH3 is 2. The summed E-state index contributed by atoms with van der Waals surface area (Å²) in [4.78, 5) is 12.4. The molecule has 0 unspecified atom stereocenters. The average Bonchev–Trinajstić information content (AvgIpc) is 2.58. The lowest BCUT2D eigenvalue weighted by Crippen LogP contribution is -2.23. The second-order valence-electron chi connectivity index (χ2n) is 5.16. The van der Waals surface area contributed by atoms with Gasteiger partial charge in [-0.2, -0.15) is 0 Å². The predicted octanol–water partition coefficient (Wildman–Crippen LogP) is 2.04. The van der Waals surface area contributed by atoms with Gasteiger partial charge in [0.2, 0.25) is 0 Å². The van der Waals surface area contributed by atoms with Gasteiger partial charge in [-0.25, -0.2) is 8.42 Å². The molecule has 0 aliphatic rings. The summed E-state index contributed by atoms with van der Waals surface area (Å²) in [7, 11) is -0.164. The predicted molar refractivity (Wildman–Crippen MR) is 90.3 cm³/mol. The van der Waals surface area contributed by atoms with Crippen LogP contribution in [0, 0.1) is 0 Å². The number of ether oxygens (including phenoxy) is 2. The molecule has 2 aromatic carbocycles. The Bertz CT molecular complexity index is 829. The van der Waals surface area contributed by atoms with Crippen molar-refractivity contribution in [3.05, 3.63) is 53.6 Å². The third-order valence-corrected chi connectivity index (χ3v) is 4.60. The second-order valence-corrected chi connectivity index (χ2v) is 7.17. The Balaban J connectivity index is 2.11. The Labute approximate surface area is 141 Å². The summed E-state index contributed by atoms with van der Waals surface area (Å²) in [5.74, 6) is 1.00. The Hall–Kier alpha value is -2.54. The van der Waals surface area contributed by atoms with E-state index in [0.717, 1.165) is 11.8 Å². The smallest absolute Gasteiger partial charge is 0.251 e. The van der Waals surface area contributed by atoms with Crippen LogP contribution in [0.5, 0.6) is 11.5 Å². The first-order valence-corrected chi connectivity index (χ1v) is 9.03. The summed E-state index contributed by atoms with van der Waals surface area (Å²) in [5.41, 5.74) is 1.15. The normalized spacial score (nSPS) is 11.0. The fraction of sp³-hybridized carbons (Fsp3) is 0.235. The van der Waals surface area contributed by atoms with E-state index in [1.165, 1.54) is 24.3 Å². The molecule has 1 amide bonds. The maximum absolute atomic E-state index is 12.2. The summed E-state index contributed by atoms with van der Waals surface area (Å²) in [5, 5.41) is 2.78.